The summed E-state index contributed by atoms with van der Waals surface area (Å²) in [5, 5.41) is 0. The van der Waals surface area contributed by atoms with E-state index in [9.17, 15) is 13.2 Å². The highest BCUT2D eigenvalue weighted by atomic mass is 32.2. The number of thiophene rings is 1. The highest BCUT2D eigenvalue weighted by Crippen LogP contribution is 2.28. The minimum absolute atomic E-state index is 0.131. The number of carbonyl (C=O) groups is 1. The number of methoxy groups -OCH3 is 1. The molecule has 1 aromatic heterocycles. The molecule has 2 aromatic rings. The summed E-state index contributed by atoms with van der Waals surface area (Å²) in [4.78, 5) is 16.4. The maximum Gasteiger partial charge on any atom is 0.246 e. The van der Waals surface area contributed by atoms with Gasteiger partial charge in [-0.15, -0.1) is 11.3 Å². The summed E-state index contributed by atoms with van der Waals surface area (Å²) in [6.07, 6.45) is 3.27. The molecule has 156 valence electrons. The third kappa shape index (κ3) is 4.71. The van der Waals surface area contributed by atoms with Gasteiger partial charge in [-0.1, -0.05) is 11.6 Å². The molecule has 0 unspecified atom stereocenters. The van der Waals surface area contributed by atoms with Gasteiger partial charge in [0.1, 0.15) is 5.75 Å². The average Bonchev–Trinajstić information content (AvgIpc) is 3.05. The van der Waals surface area contributed by atoms with Crippen molar-refractivity contribution in [3.05, 3.63) is 51.2 Å². The minimum Gasteiger partial charge on any atom is -0.496 e. The molecule has 0 radical (unpaired) electrons. The Kier molecular flexibility index (Phi) is 6.45. The molecule has 0 N–H and O–H groups in total. The van der Waals surface area contributed by atoms with Crippen LogP contribution in [-0.2, 0) is 14.8 Å². The van der Waals surface area contributed by atoms with E-state index in [0.717, 1.165) is 20.9 Å². The van der Waals surface area contributed by atoms with E-state index in [0.29, 0.717) is 36.8 Å². The number of nitrogens with zero attached hydrogens (tertiary/aromatic N) is 2. The van der Waals surface area contributed by atoms with Gasteiger partial charge in [-0.2, -0.15) is 4.31 Å². The monoisotopic (exact) mass is 434 g/mol. The third-order valence-electron chi connectivity index (χ3n) is 4.95. The van der Waals surface area contributed by atoms with E-state index in [-0.39, 0.29) is 5.91 Å². The lowest BCUT2D eigenvalue weighted by molar-refractivity contribution is -0.127. The minimum atomic E-state index is -3.52. The number of benzene rings is 1. The Morgan fingerprint density at radius 1 is 1.10 bits per heavy atom. The smallest absolute Gasteiger partial charge is 0.246 e. The molecule has 0 bridgehead atoms. The van der Waals surface area contributed by atoms with E-state index < -0.39 is 10.0 Å². The molecule has 1 amide bonds. The number of carbonyl (C=O) groups excluding carboxylic acids is 1. The molecule has 1 aromatic carbocycles. The Morgan fingerprint density at radius 3 is 2.38 bits per heavy atom. The highest BCUT2D eigenvalue weighted by molar-refractivity contribution is 7.89. The van der Waals surface area contributed by atoms with Crippen molar-refractivity contribution in [2.24, 2.45) is 0 Å². The van der Waals surface area contributed by atoms with Crippen molar-refractivity contribution in [3.8, 4) is 5.75 Å². The summed E-state index contributed by atoms with van der Waals surface area (Å²) in [6, 6.07) is 7.51. The molecule has 29 heavy (non-hydrogen) atoms. The predicted octanol–water partition coefficient (Wildman–Crippen LogP) is 3.23. The first-order valence-electron chi connectivity index (χ1n) is 9.41. The van der Waals surface area contributed by atoms with Gasteiger partial charge in [0.15, 0.2) is 0 Å². The molecule has 1 aliphatic rings. The van der Waals surface area contributed by atoms with E-state index in [1.165, 1.54) is 21.7 Å². The molecule has 6 nitrogen and oxygen atoms in total. The third-order valence-corrected chi connectivity index (χ3v) is 8.07. The summed E-state index contributed by atoms with van der Waals surface area (Å²) < 4.78 is 32.6. The van der Waals surface area contributed by atoms with E-state index >= 15 is 0 Å². The SMILES string of the molecule is COc1ccc(C)cc1/C=C/C(=O)N1CCN(S(=O)(=O)c2cc(C)sc2C)CC1. The molecular formula is C21H26N2O4S2. The number of hydrogen-bond donors (Lipinski definition) is 0. The standard InChI is InChI=1S/C21H26N2O4S2/c1-15-5-7-19(27-4)18(13-15)6-8-21(24)22-9-11-23(12-10-22)29(25,26)20-14-16(2)28-17(20)3/h5-8,13-14H,9-12H2,1-4H3/b8-6+. The van der Waals surface area contributed by atoms with Gasteiger partial charge in [-0.05, 0) is 45.0 Å². The zero-order chi connectivity index (χ0) is 21.2. The summed E-state index contributed by atoms with van der Waals surface area (Å²) in [6.45, 7) is 7.05. The Labute approximate surface area is 176 Å². The van der Waals surface area contributed by atoms with Crippen LogP contribution in [-0.4, -0.2) is 56.8 Å². The van der Waals surface area contributed by atoms with Crippen LogP contribution in [0.4, 0.5) is 0 Å². The first-order valence-corrected chi connectivity index (χ1v) is 11.7. The van der Waals surface area contributed by atoms with Crippen LogP contribution in [0.5, 0.6) is 5.75 Å². The number of amides is 1. The first kappa shape index (κ1) is 21.5. The van der Waals surface area contributed by atoms with Crippen molar-refractivity contribution in [3.63, 3.8) is 0 Å². The second-order valence-electron chi connectivity index (χ2n) is 7.09. The topological polar surface area (TPSA) is 66.9 Å². The predicted molar refractivity (Wildman–Crippen MR) is 116 cm³/mol. The number of hydrogen-bond acceptors (Lipinski definition) is 5. The molecule has 8 heteroatoms. The van der Waals surface area contributed by atoms with Crippen molar-refractivity contribution in [2.75, 3.05) is 33.3 Å². The van der Waals surface area contributed by atoms with Crippen LogP contribution >= 0.6 is 11.3 Å². The van der Waals surface area contributed by atoms with Gasteiger partial charge < -0.3 is 9.64 Å². The van der Waals surface area contributed by atoms with E-state index in [2.05, 4.69) is 0 Å². The zero-order valence-corrected chi connectivity index (χ0v) is 18.8. The molecule has 0 aliphatic carbocycles. The molecule has 1 saturated heterocycles. The number of aryl methyl sites for hydroxylation is 3. The van der Waals surface area contributed by atoms with Crippen LogP contribution in [0.1, 0.15) is 20.9 Å². The van der Waals surface area contributed by atoms with Crippen molar-refractivity contribution in [1.82, 2.24) is 9.21 Å². The van der Waals surface area contributed by atoms with Crippen molar-refractivity contribution in [1.29, 1.82) is 0 Å². The summed E-state index contributed by atoms with van der Waals surface area (Å²) in [5.41, 5.74) is 1.92. The fourth-order valence-corrected chi connectivity index (χ4v) is 6.35. The van der Waals surface area contributed by atoms with Gasteiger partial charge in [0.05, 0.1) is 12.0 Å². The zero-order valence-electron chi connectivity index (χ0n) is 17.1. The van der Waals surface area contributed by atoms with Gasteiger partial charge in [-0.25, -0.2) is 8.42 Å². The van der Waals surface area contributed by atoms with Gasteiger partial charge in [0, 0.05) is 47.6 Å². The van der Waals surface area contributed by atoms with Gasteiger partial charge >= 0.3 is 0 Å². The van der Waals surface area contributed by atoms with E-state index in [4.69, 9.17) is 4.74 Å². The fourth-order valence-electron chi connectivity index (χ4n) is 3.40. The Hall–Kier alpha value is -2.16. The summed E-state index contributed by atoms with van der Waals surface area (Å²) >= 11 is 1.48. The van der Waals surface area contributed by atoms with Crippen LogP contribution in [0.15, 0.2) is 35.2 Å². The first-order chi connectivity index (χ1) is 13.7. The number of sulfonamides is 1. The Morgan fingerprint density at radius 2 is 1.79 bits per heavy atom. The summed E-state index contributed by atoms with van der Waals surface area (Å²) in [7, 11) is -1.92. The second-order valence-corrected chi connectivity index (χ2v) is 10.5. The molecule has 0 spiro atoms. The molecule has 0 saturated carbocycles. The van der Waals surface area contributed by atoms with Gasteiger partial charge in [0.2, 0.25) is 15.9 Å². The van der Waals surface area contributed by atoms with Gasteiger partial charge in [0.25, 0.3) is 0 Å². The van der Waals surface area contributed by atoms with Crippen LogP contribution < -0.4 is 4.74 Å². The number of ether oxygens (including phenoxy) is 1. The highest BCUT2D eigenvalue weighted by Gasteiger charge is 2.31. The van der Waals surface area contributed by atoms with Crippen molar-refractivity contribution >= 4 is 33.3 Å². The quantitative estimate of drug-likeness (QED) is 0.678. The van der Waals surface area contributed by atoms with E-state index in [1.807, 2.05) is 39.0 Å². The van der Waals surface area contributed by atoms with E-state index in [1.54, 1.807) is 24.2 Å². The summed E-state index contributed by atoms with van der Waals surface area (Å²) in [5.74, 6) is 0.574. The molecule has 1 fully saturated rings. The largest absolute Gasteiger partial charge is 0.496 e. The molecule has 1 aliphatic heterocycles. The molecule has 2 heterocycles. The van der Waals surface area contributed by atoms with Crippen molar-refractivity contribution in [2.45, 2.75) is 25.7 Å². The van der Waals surface area contributed by atoms with Crippen LogP contribution in [0.25, 0.3) is 6.08 Å². The van der Waals surface area contributed by atoms with Crippen LogP contribution in [0.3, 0.4) is 0 Å². The Bertz CT molecular complexity index is 1030. The molecule has 3 rings (SSSR count). The maximum atomic E-state index is 12.9. The fraction of sp³-hybridized carbons (Fsp3) is 0.381. The van der Waals surface area contributed by atoms with Crippen LogP contribution in [0, 0.1) is 20.8 Å². The van der Waals surface area contributed by atoms with Crippen LogP contribution in [0.2, 0.25) is 0 Å². The molecule has 0 atom stereocenters. The lowest BCUT2D eigenvalue weighted by Crippen LogP contribution is -2.50. The number of piperazine rings is 1. The molecular weight excluding hydrogens is 408 g/mol. The lowest BCUT2D eigenvalue weighted by atomic mass is 10.1. The lowest BCUT2D eigenvalue weighted by Gasteiger charge is -2.33. The number of rotatable bonds is 5. The van der Waals surface area contributed by atoms with Crippen molar-refractivity contribution < 1.29 is 17.9 Å². The second kappa shape index (κ2) is 8.69. The normalized spacial score (nSPS) is 15.8. The maximum absolute atomic E-state index is 12.9. The Balaban J connectivity index is 1.65. The van der Waals surface area contributed by atoms with Gasteiger partial charge in [-0.3, -0.25) is 4.79 Å². The average molecular weight is 435 g/mol.